The zero-order chi connectivity index (χ0) is 18.5. The lowest BCUT2D eigenvalue weighted by Crippen LogP contribution is -2.21. The van der Waals surface area contributed by atoms with E-state index in [1.807, 2.05) is 31.5 Å². The molecule has 26 heavy (non-hydrogen) atoms. The number of β-amino-alcohol motifs (C(OH)–C–C–N with tert-alkyl or cyclic N) is 1. The van der Waals surface area contributed by atoms with E-state index in [2.05, 4.69) is 25.2 Å². The van der Waals surface area contributed by atoms with Gasteiger partial charge in [-0.25, -0.2) is 9.50 Å². The second kappa shape index (κ2) is 8.07. The molecule has 9 nitrogen and oxygen atoms in total. The smallest absolute Gasteiger partial charge is 0.290 e. The quantitative estimate of drug-likeness (QED) is 0.581. The largest absolute Gasteiger partial charge is 0.483 e. The van der Waals surface area contributed by atoms with Crippen molar-refractivity contribution >= 4 is 12.1 Å². The number of likely N-dealkylation sites (tertiary alicyclic amines) is 1. The number of fused-ring (bicyclic) bond motifs is 1. The minimum absolute atomic E-state index is 0.215. The van der Waals surface area contributed by atoms with E-state index in [9.17, 15) is 5.11 Å². The fraction of sp³-hybridized carbons (Fsp3) is 0.412. The van der Waals surface area contributed by atoms with Crippen LogP contribution in [0.4, 0.5) is 0 Å². The van der Waals surface area contributed by atoms with Gasteiger partial charge in [-0.15, -0.1) is 0 Å². The van der Waals surface area contributed by atoms with E-state index >= 15 is 0 Å². The first-order valence-electron chi connectivity index (χ1n) is 8.37. The van der Waals surface area contributed by atoms with E-state index in [0.717, 1.165) is 42.1 Å². The maximum absolute atomic E-state index is 10.4. The number of carboxylic acid groups (broad SMARTS) is 1. The van der Waals surface area contributed by atoms with Gasteiger partial charge in [-0.1, -0.05) is 0 Å². The van der Waals surface area contributed by atoms with Gasteiger partial charge in [-0.3, -0.25) is 14.8 Å². The van der Waals surface area contributed by atoms with Gasteiger partial charge in [0.2, 0.25) is 0 Å². The molecule has 3 N–H and O–H groups in total. The first kappa shape index (κ1) is 18.0. The van der Waals surface area contributed by atoms with Gasteiger partial charge in [0.25, 0.3) is 6.47 Å². The second-order valence-electron chi connectivity index (χ2n) is 6.43. The molecule has 1 fully saturated rings. The van der Waals surface area contributed by atoms with E-state index in [1.54, 1.807) is 10.7 Å². The molecular weight excluding hydrogens is 336 g/mol. The van der Waals surface area contributed by atoms with Crippen LogP contribution in [0.25, 0.3) is 5.65 Å². The fourth-order valence-corrected chi connectivity index (χ4v) is 3.35. The van der Waals surface area contributed by atoms with E-state index in [4.69, 9.17) is 9.90 Å². The topological polar surface area (TPSA) is 120 Å². The molecule has 0 bridgehead atoms. The Kier molecular flexibility index (Phi) is 5.59. The van der Waals surface area contributed by atoms with Crippen molar-refractivity contribution < 1.29 is 15.0 Å². The zero-order valence-electron chi connectivity index (χ0n) is 14.5. The van der Waals surface area contributed by atoms with Gasteiger partial charge >= 0.3 is 0 Å². The molecular formula is C17H22N6O3. The first-order chi connectivity index (χ1) is 12.6. The molecule has 0 aromatic carbocycles. The highest BCUT2D eigenvalue weighted by atomic mass is 16.3. The number of aromatic nitrogens is 5. The maximum atomic E-state index is 10.4. The van der Waals surface area contributed by atoms with Crippen LogP contribution in [-0.2, 0) is 17.8 Å². The molecule has 9 heteroatoms. The van der Waals surface area contributed by atoms with Gasteiger partial charge in [0.15, 0.2) is 5.65 Å². The van der Waals surface area contributed by atoms with E-state index in [-0.39, 0.29) is 18.5 Å². The Bertz CT molecular complexity index is 861. The number of nitrogens with zero attached hydrogens (tertiary/aromatic N) is 5. The summed E-state index contributed by atoms with van der Waals surface area (Å²) in [6.45, 7) is 4.04. The summed E-state index contributed by atoms with van der Waals surface area (Å²) < 4.78 is 1.78. The SMILES string of the molecule is Cc1cc(C[C@@H]2CN(Cc3cnn4cccnc34)C[C@@H]2O)n[nH]1.O=CO. The molecule has 0 aliphatic carbocycles. The minimum atomic E-state index is -0.318. The molecule has 1 aliphatic heterocycles. The lowest BCUT2D eigenvalue weighted by molar-refractivity contribution is -0.122. The average Bonchev–Trinajstić information content (AvgIpc) is 3.30. The van der Waals surface area contributed by atoms with Crippen molar-refractivity contribution in [3.05, 3.63) is 47.7 Å². The van der Waals surface area contributed by atoms with E-state index in [0.29, 0.717) is 6.54 Å². The molecule has 0 unspecified atom stereocenters. The number of hydrogen-bond donors (Lipinski definition) is 3. The Morgan fingerprint density at radius 3 is 2.96 bits per heavy atom. The molecule has 4 heterocycles. The highest BCUT2D eigenvalue weighted by Crippen LogP contribution is 2.23. The first-order valence-corrected chi connectivity index (χ1v) is 8.37. The van der Waals surface area contributed by atoms with Crippen LogP contribution in [0.15, 0.2) is 30.7 Å². The second-order valence-corrected chi connectivity index (χ2v) is 6.43. The van der Waals surface area contributed by atoms with Crippen LogP contribution < -0.4 is 0 Å². The number of rotatable bonds is 4. The number of aromatic amines is 1. The van der Waals surface area contributed by atoms with Crippen LogP contribution in [0.3, 0.4) is 0 Å². The van der Waals surface area contributed by atoms with Gasteiger partial charge in [-0.2, -0.15) is 10.2 Å². The number of aliphatic hydroxyl groups is 1. The van der Waals surface area contributed by atoms with Crippen molar-refractivity contribution in [3.8, 4) is 0 Å². The number of carbonyl (C=O) groups is 1. The number of aliphatic hydroxyl groups excluding tert-OH is 1. The highest BCUT2D eigenvalue weighted by Gasteiger charge is 2.32. The lowest BCUT2D eigenvalue weighted by Gasteiger charge is -2.14. The number of hydrogen-bond acceptors (Lipinski definition) is 6. The maximum Gasteiger partial charge on any atom is 0.290 e. The van der Waals surface area contributed by atoms with Gasteiger partial charge in [0, 0.05) is 49.2 Å². The summed E-state index contributed by atoms with van der Waals surface area (Å²) in [5.41, 5.74) is 4.05. The summed E-state index contributed by atoms with van der Waals surface area (Å²) in [5, 5.41) is 28.8. The van der Waals surface area contributed by atoms with Crippen LogP contribution in [0.5, 0.6) is 0 Å². The number of nitrogens with one attached hydrogen (secondary N) is 1. The molecule has 3 aromatic heterocycles. The van der Waals surface area contributed by atoms with Crippen molar-refractivity contribution in [2.24, 2.45) is 5.92 Å². The number of aryl methyl sites for hydroxylation is 1. The third kappa shape index (κ3) is 4.06. The molecule has 1 aliphatic rings. The van der Waals surface area contributed by atoms with Crippen molar-refractivity contribution in [1.82, 2.24) is 29.7 Å². The Morgan fingerprint density at radius 2 is 2.23 bits per heavy atom. The summed E-state index contributed by atoms with van der Waals surface area (Å²) in [6.07, 6.45) is 6.02. The molecule has 138 valence electrons. The molecule has 0 amide bonds. The van der Waals surface area contributed by atoms with Crippen molar-refractivity contribution in [1.29, 1.82) is 0 Å². The molecule has 4 rings (SSSR count). The Labute approximate surface area is 150 Å². The lowest BCUT2D eigenvalue weighted by atomic mass is 10.0. The predicted molar refractivity (Wildman–Crippen MR) is 93.5 cm³/mol. The summed E-state index contributed by atoms with van der Waals surface area (Å²) in [7, 11) is 0. The van der Waals surface area contributed by atoms with Crippen molar-refractivity contribution in [3.63, 3.8) is 0 Å². The Balaban J connectivity index is 0.000000613. The van der Waals surface area contributed by atoms with Gasteiger partial charge in [-0.05, 0) is 25.5 Å². The molecule has 0 spiro atoms. The van der Waals surface area contributed by atoms with Crippen LogP contribution in [0.2, 0.25) is 0 Å². The summed E-state index contributed by atoms with van der Waals surface area (Å²) in [4.78, 5) is 15.0. The van der Waals surface area contributed by atoms with Crippen LogP contribution in [0, 0.1) is 12.8 Å². The van der Waals surface area contributed by atoms with E-state index < -0.39 is 0 Å². The fourth-order valence-electron chi connectivity index (χ4n) is 3.35. The Hall–Kier alpha value is -2.78. The van der Waals surface area contributed by atoms with Gasteiger partial charge < -0.3 is 10.2 Å². The van der Waals surface area contributed by atoms with Crippen molar-refractivity contribution in [2.45, 2.75) is 26.0 Å². The zero-order valence-corrected chi connectivity index (χ0v) is 14.5. The normalized spacial score (nSPS) is 20.1. The Morgan fingerprint density at radius 1 is 1.42 bits per heavy atom. The van der Waals surface area contributed by atoms with Gasteiger partial charge in [0.05, 0.1) is 18.0 Å². The third-order valence-corrected chi connectivity index (χ3v) is 4.46. The van der Waals surface area contributed by atoms with Crippen molar-refractivity contribution in [2.75, 3.05) is 13.1 Å². The third-order valence-electron chi connectivity index (χ3n) is 4.46. The predicted octanol–water partition coefficient (Wildman–Crippen LogP) is 0.497. The molecule has 1 saturated heterocycles. The monoisotopic (exact) mass is 358 g/mol. The molecule has 3 aromatic rings. The van der Waals surface area contributed by atoms with Crippen LogP contribution >= 0.6 is 0 Å². The molecule has 0 saturated carbocycles. The highest BCUT2D eigenvalue weighted by molar-refractivity contribution is 5.45. The summed E-state index contributed by atoms with van der Waals surface area (Å²) in [6, 6.07) is 3.91. The van der Waals surface area contributed by atoms with Crippen LogP contribution in [0.1, 0.15) is 17.0 Å². The van der Waals surface area contributed by atoms with E-state index in [1.165, 1.54) is 0 Å². The minimum Gasteiger partial charge on any atom is -0.483 e. The molecule has 0 radical (unpaired) electrons. The molecule has 2 atom stereocenters. The number of H-pyrrole nitrogens is 1. The summed E-state index contributed by atoms with van der Waals surface area (Å²) in [5.74, 6) is 0.215. The van der Waals surface area contributed by atoms with Crippen LogP contribution in [-0.4, -0.2) is 65.6 Å². The summed E-state index contributed by atoms with van der Waals surface area (Å²) >= 11 is 0. The standard InChI is InChI=1S/C16H20N6O.CH2O2/c1-11-5-14(20-19-11)6-12-8-21(10-15(12)23)9-13-7-18-22-4-2-3-17-16(13)22;2-1-3/h2-5,7,12,15,23H,6,8-10H2,1H3,(H,19,20);1H,(H,2,3)/t12-,15+;/m1./s1. The van der Waals surface area contributed by atoms with Gasteiger partial charge in [0.1, 0.15) is 0 Å². The average molecular weight is 358 g/mol.